The van der Waals surface area contributed by atoms with Crippen LogP contribution in [0.3, 0.4) is 0 Å². The summed E-state index contributed by atoms with van der Waals surface area (Å²) >= 11 is 1.72. The molecule has 0 fully saturated rings. The van der Waals surface area contributed by atoms with Gasteiger partial charge in [-0.1, -0.05) is 13.0 Å². The van der Waals surface area contributed by atoms with Crippen molar-refractivity contribution in [1.29, 1.82) is 0 Å². The third kappa shape index (κ3) is 5.62. The summed E-state index contributed by atoms with van der Waals surface area (Å²) in [5.74, 6) is 0.0537. The maximum Gasteiger partial charge on any atom is 0.234 e. The van der Waals surface area contributed by atoms with Crippen molar-refractivity contribution < 1.29 is 9.53 Å². The van der Waals surface area contributed by atoms with E-state index in [4.69, 9.17) is 4.74 Å². The van der Waals surface area contributed by atoms with E-state index >= 15 is 0 Å². The van der Waals surface area contributed by atoms with Crippen LogP contribution in [0.4, 0.5) is 0 Å². The SMILES string of the molecule is CCN(CC(=O)NC(C)COC)Cc1cccs1. The molecule has 0 bridgehead atoms. The number of likely N-dealkylation sites (N-methyl/N-ethyl adjacent to an activating group) is 1. The van der Waals surface area contributed by atoms with Crippen molar-refractivity contribution in [2.75, 3.05) is 26.8 Å². The fourth-order valence-electron chi connectivity index (χ4n) is 1.72. The highest BCUT2D eigenvalue weighted by Gasteiger charge is 2.12. The number of methoxy groups -OCH3 is 1. The largest absolute Gasteiger partial charge is 0.383 e. The van der Waals surface area contributed by atoms with Crippen LogP contribution in [0.5, 0.6) is 0 Å². The number of thiophene rings is 1. The average Bonchev–Trinajstić information content (AvgIpc) is 2.81. The topological polar surface area (TPSA) is 41.6 Å². The van der Waals surface area contributed by atoms with E-state index in [1.54, 1.807) is 18.4 Å². The predicted molar refractivity (Wildman–Crippen MR) is 74.8 cm³/mol. The monoisotopic (exact) mass is 270 g/mol. The Hall–Kier alpha value is -0.910. The molecule has 1 atom stereocenters. The van der Waals surface area contributed by atoms with Crippen LogP contribution in [-0.2, 0) is 16.1 Å². The quantitative estimate of drug-likeness (QED) is 0.782. The Bertz CT molecular complexity index is 341. The van der Waals surface area contributed by atoms with Crippen molar-refractivity contribution in [1.82, 2.24) is 10.2 Å². The summed E-state index contributed by atoms with van der Waals surface area (Å²) in [6, 6.07) is 4.19. The average molecular weight is 270 g/mol. The second kappa shape index (κ2) is 8.24. The number of carbonyl (C=O) groups excluding carboxylic acids is 1. The van der Waals surface area contributed by atoms with E-state index in [2.05, 4.69) is 28.6 Å². The number of ether oxygens (including phenoxy) is 1. The zero-order valence-electron chi connectivity index (χ0n) is 11.3. The van der Waals surface area contributed by atoms with Crippen LogP contribution in [0.25, 0.3) is 0 Å². The first-order valence-corrected chi connectivity index (χ1v) is 7.06. The smallest absolute Gasteiger partial charge is 0.234 e. The van der Waals surface area contributed by atoms with Crippen LogP contribution >= 0.6 is 11.3 Å². The molecule has 5 heteroatoms. The first-order valence-electron chi connectivity index (χ1n) is 6.18. The highest BCUT2D eigenvalue weighted by molar-refractivity contribution is 7.09. The van der Waals surface area contributed by atoms with Gasteiger partial charge in [-0.2, -0.15) is 0 Å². The summed E-state index contributed by atoms with van der Waals surface area (Å²) in [7, 11) is 1.64. The summed E-state index contributed by atoms with van der Waals surface area (Å²) in [6.07, 6.45) is 0. The molecule has 0 aliphatic heterocycles. The Morgan fingerprint density at radius 1 is 1.61 bits per heavy atom. The van der Waals surface area contributed by atoms with E-state index in [0.29, 0.717) is 13.2 Å². The van der Waals surface area contributed by atoms with Crippen molar-refractivity contribution in [3.63, 3.8) is 0 Å². The maximum absolute atomic E-state index is 11.8. The third-order valence-electron chi connectivity index (χ3n) is 2.60. The molecule has 1 aromatic heterocycles. The van der Waals surface area contributed by atoms with E-state index in [1.165, 1.54) is 4.88 Å². The fraction of sp³-hybridized carbons (Fsp3) is 0.615. The van der Waals surface area contributed by atoms with E-state index in [9.17, 15) is 4.79 Å². The molecule has 1 aromatic rings. The third-order valence-corrected chi connectivity index (χ3v) is 3.46. The number of amides is 1. The van der Waals surface area contributed by atoms with Crippen LogP contribution in [0.15, 0.2) is 17.5 Å². The molecule has 0 aliphatic rings. The lowest BCUT2D eigenvalue weighted by atomic mass is 10.3. The molecule has 0 aromatic carbocycles. The van der Waals surface area contributed by atoms with Gasteiger partial charge in [0.05, 0.1) is 13.2 Å². The molecular weight excluding hydrogens is 248 g/mol. The van der Waals surface area contributed by atoms with Gasteiger partial charge in [0.2, 0.25) is 5.91 Å². The molecule has 0 radical (unpaired) electrons. The van der Waals surface area contributed by atoms with Gasteiger partial charge in [0.15, 0.2) is 0 Å². The molecule has 0 aliphatic carbocycles. The number of hydrogen-bond donors (Lipinski definition) is 1. The summed E-state index contributed by atoms with van der Waals surface area (Å²) in [4.78, 5) is 15.2. The van der Waals surface area contributed by atoms with Crippen molar-refractivity contribution in [3.05, 3.63) is 22.4 Å². The summed E-state index contributed by atoms with van der Waals surface area (Å²) in [6.45, 7) is 6.69. The lowest BCUT2D eigenvalue weighted by Crippen LogP contribution is -2.42. The highest BCUT2D eigenvalue weighted by atomic mass is 32.1. The van der Waals surface area contributed by atoms with Gasteiger partial charge in [0.25, 0.3) is 0 Å². The van der Waals surface area contributed by atoms with Crippen molar-refractivity contribution in [2.24, 2.45) is 0 Å². The molecule has 1 heterocycles. The standard InChI is InChI=1S/C13H22N2O2S/c1-4-15(8-12-6-5-7-18-12)9-13(16)14-11(2)10-17-3/h5-7,11H,4,8-10H2,1-3H3,(H,14,16). The molecule has 0 saturated carbocycles. The van der Waals surface area contributed by atoms with Gasteiger partial charge >= 0.3 is 0 Å². The van der Waals surface area contributed by atoms with Gasteiger partial charge in [-0.05, 0) is 24.9 Å². The zero-order chi connectivity index (χ0) is 13.4. The molecular formula is C13H22N2O2S. The number of nitrogens with one attached hydrogen (secondary N) is 1. The Morgan fingerprint density at radius 2 is 2.39 bits per heavy atom. The minimum absolute atomic E-state index is 0.0537. The fourth-order valence-corrected chi connectivity index (χ4v) is 2.46. The minimum Gasteiger partial charge on any atom is -0.383 e. The second-order valence-electron chi connectivity index (χ2n) is 4.31. The Labute approximate surface area is 113 Å². The Kier molecular flexibility index (Phi) is 6.93. The minimum atomic E-state index is 0.0537. The second-order valence-corrected chi connectivity index (χ2v) is 5.34. The molecule has 4 nitrogen and oxygen atoms in total. The zero-order valence-corrected chi connectivity index (χ0v) is 12.1. The van der Waals surface area contributed by atoms with E-state index in [0.717, 1.165) is 13.1 Å². The van der Waals surface area contributed by atoms with Crippen molar-refractivity contribution in [3.8, 4) is 0 Å². The molecule has 1 amide bonds. The first kappa shape index (κ1) is 15.1. The molecule has 1 N–H and O–H groups in total. The lowest BCUT2D eigenvalue weighted by molar-refractivity contribution is -0.123. The molecule has 18 heavy (non-hydrogen) atoms. The van der Waals surface area contributed by atoms with Gasteiger partial charge in [-0.25, -0.2) is 0 Å². The van der Waals surface area contributed by atoms with E-state index in [-0.39, 0.29) is 11.9 Å². The van der Waals surface area contributed by atoms with Crippen LogP contribution in [-0.4, -0.2) is 43.7 Å². The first-order chi connectivity index (χ1) is 8.65. The van der Waals surface area contributed by atoms with Crippen LogP contribution in [0, 0.1) is 0 Å². The Morgan fingerprint density at radius 3 is 2.94 bits per heavy atom. The van der Waals surface area contributed by atoms with E-state index in [1.807, 2.05) is 13.0 Å². The van der Waals surface area contributed by atoms with Crippen molar-refractivity contribution >= 4 is 17.2 Å². The highest BCUT2D eigenvalue weighted by Crippen LogP contribution is 2.11. The van der Waals surface area contributed by atoms with Gasteiger partial charge < -0.3 is 10.1 Å². The normalized spacial score (nSPS) is 12.7. The van der Waals surface area contributed by atoms with Gasteiger partial charge in [-0.15, -0.1) is 11.3 Å². The van der Waals surface area contributed by atoms with E-state index < -0.39 is 0 Å². The van der Waals surface area contributed by atoms with Gasteiger partial charge in [-0.3, -0.25) is 9.69 Å². The van der Waals surface area contributed by atoms with Gasteiger partial charge in [0, 0.05) is 24.6 Å². The lowest BCUT2D eigenvalue weighted by Gasteiger charge is -2.20. The number of carbonyl (C=O) groups is 1. The van der Waals surface area contributed by atoms with Crippen LogP contribution < -0.4 is 5.32 Å². The molecule has 1 rings (SSSR count). The van der Waals surface area contributed by atoms with Crippen LogP contribution in [0.2, 0.25) is 0 Å². The summed E-state index contributed by atoms with van der Waals surface area (Å²) in [5.41, 5.74) is 0. The molecule has 0 saturated heterocycles. The molecule has 0 spiro atoms. The van der Waals surface area contributed by atoms with Gasteiger partial charge in [0.1, 0.15) is 0 Å². The van der Waals surface area contributed by atoms with Crippen molar-refractivity contribution in [2.45, 2.75) is 26.4 Å². The maximum atomic E-state index is 11.8. The predicted octanol–water partition coefficient (Wildman–Crippen LogP) is 1.72. The number of nitrogens with zero attached hydrogens (tertiary/aromatic N) is 1. The Balaban J connectivity index is 2.35. The molecule has 102 valence electrons. The summed E-state index contributed by atoms with van der Waals surface area (Å²) < 4.78 is 4.99. The van der Waals surface area contributed by atoms with Crippen LogP contribution in [0.1, 0.15) is 18.7 Å². The summed E-state index contributed by atoms with van der Waals surface area (Å²) in [5, 5.41) is 4.98. The number of rotatable bonds is 8. The molecule has 1 unspecified atom stereocenters. The number of hydrogen-bond acceptors (Lipinski definition) is 4.